The van der Waals surface area contributed by atoms with E-state index < -0.39 is 17.7 Å². The summed E-state index contributed by atoms with van der Waals surface area (Å²) in [6.07, 6.45) is 6.97. The fraction of sp³-hybridized carbons (Fsp3) is 0.387. The maximum atomic E-state index is 14.6. The fourth-order valence-electron chi connectivity index (χ4n) is 6.25. The lowest BCUT2D eigenvalue weighted by atomic mass is 10.0. The standard InChI is InChI=1S/C31H33F2N5O2/c32-24-7-8-27(33)26(18-24)29(20-39)38-16-11-34-30-28(38)17-23(19-35-30)21-3-5-22(6-4-21)31(40)37-14-9-25(10-15-37)36-12-1-2-13-36/h3-8,17-20,25,29H,1-2,9-16H2,(H,34,35). The number of piperidine rings is 1. The predicted molar refractivity (Wildman–Crippen MR) is 150 cm³/mol. The molecule has 3 aromatic rings. The van der Waals surface area contributed by atoms with Crippen molar-refractivity contribution in [2.75, 3.05) is 49.5 Å². The topological polar surface area (TPSA) is 68.8 Å². The summed E-state index contributed by atoms with van der Waals surface area (Å²) in [5, 5.41) is 3.22. The fourth-order valence-corrected chi connectivity index (χ4v) is 6.25. The van der Waals surface area contributed by atoms with Gasteiger partial charge >= 0.3 is 0 Å². The molecule has 1 amide bonds. The lowest BCUT2D eigenvalue weighted by Crippen LogP contribution is -2.45. The van der Waals surface area contributed by atoms with Crippen LogP contribution in [0, 0.1) is 11.6 Å². The molecule has 2 fully saturated rings. The number of aromatic nitrogens is 1. The molecule has 7 nitrogen and oxygen atoms in total. The number of nitrogens with one attached hydrogen (secondary N) is 1. The number of aldehydes is 1. The second kappa shape index (κ2) is 11.3. The highest BCUT2D eigenvalue weighted by molar-refractivity contribution is 5.95. The zero-order valence-corrected chi connectivity index (χ0v) is 22.4. The van der Waals surface area contributed by atoms with Gasteiger partial charge in [-0.05, 0) is 80.7 Å². The third kappa shape index (κ3) is 5.18. The number of anilines is 2. The van der Waals surface area contributed by atoms with Crippen LogP contribution in [0.4, 0.5) is 20.3 Å². The van der Waals surface area contributed by atoms with Crippen molar-refractivity contribution in [2.45, 2.75) is 37.8 Å². The molecule has 4 heterocycles. The number of benzene rings is 2. The molecule has 2 saturated heterocycles. The zero-order valence-electron chi connectivity index (χ0n) is 22.4. The van der Waals surface area contributed by atoms with Gasteiger partial charge in [0.05, 0.1) is 5.69 Å². The van der Waals surface area contributed by atoms with Crippen molar-refractivity contribution in [2.24, 2.45) is 0 Å². The number of hydrogen-bond acceptors (Lipinski definition) is 6. The van der Waals surface area contributed by atoms with Crippen LogP contribution in [0.25, 0.3) is 11.1 Å². The number of carbonyl (C=O) groups is 2. The van der Waals surface area contributed by atoms with E-state index in [0.29, 0.717) is 42.5 Å². The van der Waals surface area contributed by atoms with E-state index in [1.165, 1.54) is 25.9 Å². The summed E-state index contributed by atoms with van der Waals surface area (Å²) in [5.41, 5.74) is 2.93. The summed E-state index contributed by atoms with van der Waals surface area (Å²) in [4.78, 5) is 36.2. The van der Waals surface area contributed by atoms with E-state index in [1.54, 1.807) is 11.1 Å². The van der Waals surface area contributed by atoms with Gasteiger partial charge < -0.3 is 24.8 Å². The second-order valence-corrected chi connectivity index (χ2v) is 10.8. The first-order chi connectivity index (χ1) is 19.5. The largest absolute Gasteiger partial charge is 0.367 e. The Labute approximate surface area is 232 Å². The van der Waals surface area contributed by atoms with Gasteiger partial charge in [-0.3, -0.25) is 4.79 Å². The minimum Gasteiger partial charge on any atom is -0.367 e. The average molecular weight is 546 g/mol. The number of carbonyl (C=O) groups excluding carboxylic acids is 2. The van der Waals surface area contributed by atoms with Crippen molar-refractivity contribution in [1.82, 2.24) is 14.8 Å². The first kappa shape index (κ1) is 26.4. The van der Waals surface area contributed by atoms with Crippen LogP contribution in [0.15, 0.2) is 54.7 Å². The second-order valence-electron chi connectivity index (χ2n) is 10.8. The predicted octanol–water partition coefficient (Wildman–Crippen LogP) is 4.90. The van der Waals surface area contributed by atoms with E-state index in [-0.39, 0.29) is 11.5 Å². The van der Waals surface area contributed by atoms with Crippen LogP contribution in [-0.2, 0) is 4.79 Å². The van der Waals surface area contributed by atoms with Gasteiger partial charge in [0.1, 0.15) is 29.8 Å². The Bertz CT molecular complexity index is 1380. The Morgan fingerprint density at radius 2 is 1.70 bits per heavy atom. The highest BCUT2D eigenvalue weighted by Crippen LogP contribution is 2.37. The number of halogens is 2. The number of likely N-dealkylation sites (tertiary alicyclic amines) is 2. The first-order valence-electron chi connectivity index (χ1n) is 14.1. The van der Waals surface area contributed by atoms with Gasteiger partial charge in [-0.2, -0.15) is 0 Å². The molecule has 6 rings (SSSR count). The molecule has 1 N–H and O–H groups in total. The summed E-state index contributed by atoms with van der Waals surface area (Å²) in [6.45, 7) is 4.85. The maximum Gasteiger partial charge on any atom is 0.253 e. The molecular weight excluding hydrogens is 512 g/mol. The molecule has 1 atom stereocenters. The van der Waals surface area contributed by atoms with Crippen LogP contribution >= 0.6 is 0 Å². The molecule has 2 aromatic carbocycles. The Kier molecular flexibility index (Phi) is 7.47. The smallest absolute Gasteiger partial charge is 0.253 e. The maximum absolute atomic E-state index is 14.6. The van der Waals surface area contributed by atoms with Gasteiger partial charge in [-0.1, -0.05) is 12.1 Å². The van der Waals surface area contributed by atoms with Gasteiger partial charge in [0.25, 0.3) is 5.91 Å². The van der Waals surface area contributed by atoms with Crippen molar-refractivity contribution in [3.8, 4) is 11.1 Å². The number of nitrogens with zero attached hydrogens (tertiary/aromatic N) is 4. The minimum absolute atomic E-state index is 0.0134. The van der Waals surface area contributed by atoms with Crippen LogP contribution in [0.3, 0.4) is 0 Å². The molecule has 0 bridgehead atoms. The van der Waals surface area contributed by atoms with Crippen LogP contribution < -0.4 is 10.2 Å². The van der Waals surface area contributed by atoms with Crippen molar-refractivity contribution in [1.29, 1.82) is 0 Å². The third-order valence-corrected chi connectivity index (χ3v) is 8.44. The van der Waals surface area contributed by atoms with E-state index >= 15 is 0 Å². The Morgan fingerprint density at radius 3 is 2.42 bits per heavy atom. The number of fused-ring (bicyclic) bond motifs is 1. The molecule has 208 valence electrons. The van der Waals surface area contributed by atoms with Gasteiger partial charge in [0.2, 0.25) is 0 Å². The van der Waals surface area contributed by atoms with E-state index in [4.69, 9.17) is 0 Å². The highest BCUT2D eigenvalue weighted by Gasteiger charge is 2.30. The van der Waals surface area contributed by atoms with Gasteiger partial charge in [-0.25, -0.2) is 13.8 Å². The number of pyridine rings is 1. The van der Waals surface area contributed by atoms with Crippen molar-refractivity contribution in [3.63, 3.8) is 0 Å². The summed E-state index contributed by atoms with van der Waals surface area (Å²) >= 11 is 0. The lowest BCUT2D eigenvalue weighted by Gasteiger charge is -2.36. The van der Waals surface area contributed by atoms with Gasteiger partial charge in [0, 0.05) is 55.1 Å². The van der Waals surface area contributed by atoms with Crippen molar-refractivity contribution in [3.05, 3.63) is 77.5 Å². The third-order valence-electron chi connectivity index (χ3n) is 8.44. The highest BCUT2D eigenvalue weighted by atomic mass is 19.1. The van der Waals surface area contributed by atoms with Crippen LogP contribution in [-0.4, -0.2) is 72.3 Å². The zero-order chi connectivity index (χ0) is 27.6. The summed E-state index contributed by atoms with van der Waals surface area (Å²) < 4.78 is 28.5. The molecule has 3 aliphatic heterocycles. The number of hydrogen-bond donors (Lipinski definition) is 1. The summed E-state index contributed by atoms with van der Waals surface area (Å²) in [7, 11) is 0. The van der Waals surface area contributed by atoms with Gasteiger partial charge in [-0.15, -0.1) is 0 Å². The molecule has 0 aliphatic carbocycles. The molecule has 0 saturated carbocycles. The lowest BCUT2D eigenvalue weighted by molar-refractivity contribution is -0.109. The Balaban J connectivity index is 1.19. The molecule has 1 unspecified atom stereocenters. The number of rotatable bonds is 6. The molecule has 1 aromatic heterocycles. The molecule has 0 radical (unpaired) electrons. The van der Waals surface area contributed by atoms with Crippen LogP contribution in [0.5, 0.6) is 0 Å². The van der Waals surface area contributed by atoms with E-state index in [0.717, 1.165) is 55.3 Å². The molecule has 3 aliphatic rings. The van der Waals surface area contributed by atoms with E-state index in [1.807, 2.05) is 35.2 Å². The Hall–Kier alpha value is -3.85. The summed E-state index contributed by atoms with van der Waals surface area (Å²) in [5.74, 6) is -0.613. The van der Waals surface area contributed by atoms with Gasteiger partial charge in [0.15, 0.2) is 0 Å². The Morgan fingerprint density at radius 1 is 0.950 bits per heavy atom. The molecule has 0 spiro atoms. The quantitative estimate of drug-likeness (QED) is 0.445. The molecule has 9 heteroatoms. The molecule has 40 heavy (non-hydrogen) atoms. The molecular formula is C31H33F2N5O2. The van der Waals surface area contributed by atoms with Crippen LogP contribution in [0.1, 0.15) is 47.6 Å². The SMILES string of the molecule is O=CC(c1cc(F)ccc1F)N1CCNc2ncc(-c3ccc(C(=O)N4CCC(N5CCCC5)CC4)cc3)cc21. The first-order valence-corrected chi connectivity index (χ1v) is 14.1. The van der Waals surface area contributed by atoms with Crippen molar-refractivity contribution < 1.29 is 18.4 Å². The van der Waals surface area contributed by atoms with Crippen LogP contribution in [0.2, 0.25) is 0 Å². The van der Waals surface area contributed by atoms with Crippen molar-refractivity contribution >= 4 is 23.7 Å². The van der Waals surface area contributed by atoms with E-state index in [9.17, 15) is 18.4 Å². The monoisotopic (exact) mass is 545 g/mol. The normalized spacial score (nSPS) is 18.8. The minimum atomic E-state index is -0.997. The average Bonchev–Trinajstić information content (AvgIpc) is 3.54. The van der Waals surface area contributed by atoms with E-state index in [2.05, 4.69) is 15.2 Å². The summed E-state index contributed by atoms with van der Waals surface area (Å²) in [6, 6.07) is 12.1. The number of amides is 1.